The van der Waals surface area contributed by atoms with Gasteiger partial charge in [-0.1, -0.05) is 63.7 Å². The topological polar surface area (TPSA) is 91.8 Å². The van der Waals surface area contributed by atoms with Gasteiger partial charge in [-0.25, -0.2) is 0 Å². The molecule has 6 fully saturated rings. The molecule has 0 radical (unpaired) electrons. The highest BCUT2D eigenvalue weighted by Gasteiger charge is 2.67. The van der Waals surface area contributed by atoms with Gasteiger partial charge in [-0.3, -0.25) is 33.8 Å². The summed E-state index contributed by atoms with van der Waals surface area (Å²) in [5, 5.41) is 0. The molecular weight excluding hydrogens is 800 g/mol. The van der Waals surface area contributed by atoms with Crippen LogP contribution in [0.3, 0.4) is 0 Å². The highest BCUT2D eigenvalue weighted by atomic mass is 79.9. The maximum Gasteiger partial charge on any atom is 0.238 e. The molecule has 6 aliphatic rings. The number of hydrogen-bond donors (Lipinski definition) is 0. The van der Waals surface area contributed by atoms with Gasteiger partial charge in [0.1, 0.15) is 0 Å². The van der Waals surface area contributed by atoms with Crippen LogP contribution in [0.5, 0.6) is 0 Å². The summed E-state index contributed by atoms with van der Waals surface area (Å²) in [7, 11) is 0. The van der Waals surface area contributed by atoms with Gasteiger partial charge in [0.15, 0.2) is 5.78 Å². The predicted octanol–water partition coefficient (Wildman–Crippen LogP) is 5.48. The highest BCUT2D eigenvalue weighted by Crippen LogP contribution is 2.61. The lowest BCUT2D eigenvalue weighted by atomic mass is 9.81. The van der Waals surface area contributed by atoms with Crippen LogP contribution in [0.4, 0.5) is 11.4 Å². The van der Waals surface area contributed by atoms with Crippen LogP contribution < -0.4 is 9.80 Å². The second-order valence-electron chi connectivity index (χ2n) is 12.5. The van der Waals surface area contributed by atoms with E-state index < -0.39 is 0 Å². The molecule has 2 aromatic carbocycles. The Bertz CT molecular complexity index is 1400. The van der Waals surface area contributed by atoms with E-state index in [4.69, 9.17) is 0 Å². The van der Waals surface area contributed by atoms with Crippen molar-refractivity contribution in [3.05, 3.63) is 59.7 Å². The fourth-order valence-corrected chi connectivity index (χ4v) is 12.6. The van der Waals surface area contributed by atoms with Gasteiger partial charge in [-0.05, 0) is 85.0 Å². The number of amides is 4. The molecule has 4 saturated carbocycles. The van der Waals surface area contributed by atoms with Crippen molar-refractivity contribution in [1.29, 1.82) is 0 Å². The zero-order chi connectivity index (χ0) is 29.4. The van der Waals surface area contributed by atoms with Crippen LogP contribution in [-0.2, 0) is 19.2 Å². The van der Waals surface area contributed by atoms with Crippen molar-refractivity contribution in [2.24, 2.45) is 47.3 Å². The van der Waals surface area contributed by atoms with Crippen LogP contribution in [0.2, 0.25) is 0 Å². The predicted molar refractivity (Wildman–Crippen MR) is 169 cm³/mol. The van der Waals surface area contributed by atoms with Crippen molar-refractivity contribution in [2.45, 2.75) is 32.2 Å². The van der Waals surface area contributed by atoms with E-state index in [1.807, 2.05) is 0 Å². The average Bonchev–Trinajstić information content (AvgIpc) is 3.80. The van der Waals surface area contributed by atoms with E-state index >= 15 is 0 Å². The first kappa shape index (κ1) is 27.8. The largest absolute Gasteiger partial charge is 0.289 e. The van der Waals surface area contributed by atoms with Gasteiger partial charge in [0.05, 0.1) is 35.0 Å². The maximum atomic E-state index is 13.3. The summed E-state index contributed by atoms with van der Waals surface area (Å²) in [5.74, 6) is -1.50. The standard InChI is InChI=1S/C31H24Br4N2O5/c32-23-15-9-16(24(23)33)20-19(15)28(39)36(29(20)40)13-5-1-11(2-6-13)27(38)12-3-7-14(8-4-12)37-30(41)21-17-10-18(22(21)31(37)42)26(35)25(17)34/h1-8,15-26H,9-10H2/t15-,16-,17-,18-,19-,20-,21-,22+,23-,24+,25-,26+/m1/s1. The number of fused-ring (bicyclic) bond motifs is 10. The summed E-state index contributed by atoms with van der Waals surface area (Å²) in [6.45, 7) is 0. The molecule has 4 amide bonds. The molecule has 216 valence electrons. The average molecular weight is 824 g/mol. The Morgan fingerprint density at radius 2 is 0.762 bits per heavy atom. The second-order valence-corrected chi connectivity index (χ2v) is 16.7. The van der Waals surface area contributed by atoms with E-state index in [0.717, 1.165) is 12.8 Å². The maximum absolute atomic E-state index is 13.3. The van der Waals surface area contributed by atoms with Crippen LogP contribution in [0.1, 0.15) is 28.8 Å². The van der Waals surface area contributed by atoms with Crippen molar-refractivity contribution in [3.8, 4) is 0 Å². The smallest absolute Gasteiger partial charge is 0.238 e. The van der Waals surface area contributed by atoms with Crippen molar-refractivity contribution in [3.63, 3.8) is 0 Å². The number of rotatable bonds is 4. The van der Waals surface area contributed by atoms with Gasteiger partial charge in [0.2, 0.25) is 23.6 Å². The lowest BCUT2D eigenvalue weighted by molar-refractivity contribution is -0.124. The molecule has 12 atom stereocenters. The third-order valence-electron chi connectivity index (χ3n) is 10.7. The van der Waals surface area contributed by atoms with Gasteiger partial charge in [-0.15, -0.1) is 0 Å². The number of nitrogens with zero attached hydrogens (tertiary/aromatic N) is 2. The lowest BCUT2D eigenvalue weighted by Crippen LogP contribution is -2.37. The molecular formula is C31H24Br4N2O5. The summed E-state index contributed by atoms with van der Waals surface area (Å²) in [6, 6.07) is 13.1. The summed E-state index contributed by atoms with van der Waals surface area (Å²) < 4.78 is 0. The van der Waals surface area contributed by atoms with Gasteiger partial charge in [0, 0.05) is 30.4 Å². The monoisotopic (exact) mass is 820 g/mol. The minimum absolute atomic E-state index is 0.137. The first-order valence-electron chi connectivity index (χ1n) is 14.2. The van der Waals surface area contributed by atoms with E-state index in [-0.39, 0.29) is 96.1 Å². The molecule has 4 bridgehead atoms. The van der Waals surface area contributed by atoms with Crippen LogP contribution in [0.25, 0.3) is 0 Å². The molecule has 42 heavy (non-hydrogen) atoms. The first-order chi connectivity index (χ1) is 20.1. The summed E-state index contributed by atoms with van der Waals surface area (Å²) in [4.78, 5) is 70.0. The molecule has 7 nitrogen and oxygen atoms in total. The second kappa shape index (κ2) is 9.65. The van der Waals surface area contributed by atoms with E-state index in [1.165, 1.54) is 9.80 Å². The Morgan fingerprint density at radius 1 is 0.500 bits per heavy atom. The lowest BCUT2D eigenvalue weighted by Gasteiger charge is -2.28. The number of imide groups is 2. The minimum Gasteiger partial charge on any atom is -0.289 e. The fourth-order valence-electron chi connectivity index (χ4n) is 8.90. The molecule has 2 aliphatic heterocycles. The normalized spacial score (nSPS) is 41.3. The highest BCUT2D eigenvalue weighted by molar-refractivity contribution is 9.12. The van der Waals surface area contributed by atoms with Crippen LogP contribution in [0, 0.1) is 47.3 Å². The molecule has 2 heterocycles. The quantitative estimate of drug-likeness (QED) is 0.232. The molecule has 8 rings (SSSR count). The van der Waals surface area contributed by atoms with E-state index in [9.17, 15) is 24.0 Å². The third-order valence-corrected chi connectivity index (χ3v) is 17.2. The summed E-state index contributed by atoms with van der Waals surface area (Å²) in [6.07, 6.45) is 1.74. The van der Waals surface area contributed by atoms with E-state index in [2.05, 4.69) is 63.7 Å². The van der Waals surface area contributed by atoms with Crippen LogP contribution in [-0.4, -0.2) is 48.7 Å². The first-order valence-corrected chi connectivity index (χ1v) is 17.8. The number of alkyl halides is 4. The third kappa shape index (κ3) is 3.56. The zero-order valence-corrected chi connectivity index (χ0v) is 28.3. The van der Waals surface area contributed by atoms with Gasteiger partial charge < -0.3 is 0 Å². The van der Waals surface area contributed by atoms with E-state index in [1.54, 1.807) is 48.5 Å². The van der Waals surface area contributed by atoms with Crippen molar-refractivity contribution in [1.82, 2.24) is 0 Å². The number of benzene rings is 2. The van der Waals surface area contributed by atoms with Crippen molar-refractivity contribution in [2.75, 3.05) is 9.80 Å². The van der Waals surface area contributed by atoms with Crippen molar-refractivity contribution >= 4 is 105 Å². The number of anilines is 2. The molecule has 4 aliphatic carbocycles. The SMILES string of the molecule is O=C(c1ccc(N2C(=O)[C@@H]3[C@H]4C[C@@H]([C@@H](Br)[C@H]4Br)[C@H]3C2=O)cc1)c1ccc(N2C(=O)[C@@H]3[C@H]4C[C@@H]([C@H](Br)[C@@H]4Br)[C@@H]3C2=O)cc1. The number of halogens is 4. The molecule has 0 N–H and O–H groups in total. The Kier molecular flexibility index (Phi) is 6.40. The Labute approximate surface area is 275 Å². The Hall–Kier alpha value is -1.69. The number of carbonyl (C=O) groups is 5. The van der Waals surface area contributed by atoms with Gasteiger partial charge >= 0.3 is 0 Å². The molecule has 0 aromatic heterocycles. The molecule has 11 heteroatoms. The minimum atomic E-state index is -0.300. The fraction of sp³-hybridized carbons (Fsp3) is 0.452. The van der Waals surface area contributed by atoms with Crippen molar-refractivity contribution < 1.29 is 24.0 Å². The number of ketones is 1. The molecule has 0 spiro atoms. The summed E-state index contributed by atoms with van der Waals surface area (Å²) >= 11 is 14.9. The Balaban J connectivity index is 0.992. The molecule has 2 aromatic rings. The molecule has 2 saturated heterocycles. The Morgan fingerprint density at radius 3 is 1.02 bits per heavy atom. The summed E-state index contributed by atoms with van der Waals surface area (Å²) in [5.41, 5.74) is 1.78. The zero-order valence-electron chi connectivity index (χ0n) is 21.9. The van der Waals surface area contributed by atoms with Gasteiger partial charge in [-0.2, -0.15) is 0 Å². The number of carbonyl (C=O) groups excluding carboxylic acids is 5. The molecule has 0 unspecified atom stereocenters. The number of hydrogen-bond acceptors (Lipinski definition) is 5. The van der Waals surface area contributed by atoms with Crippen LogP contribution in [0.15, 0.2) is 48.5 Å². The van der Waals surface area contributed by atoms with Gasteiger partial charge in [0.25, 0.3) is 0 Å². The van der Waals surface area contributed by atoms with E-state index in [0.29, 0.717) is 22.5 Å². The van der Waals surface area contributed by atoms with Crippen LogP contribution >= 0.6 is 63.7 Å².